The molecule has 0 aromatic rings. The summed E-state index contributed by atoms with van der Waals surface area (Å²) < 4.78 is 0.936. The molecule has 1 atom stereocenters. The monoisotopic (exact) mass is 254 g/mol. The van der Waals surface area contributed by atoms with Crippen molar-refractivity contribution in [3.05, 3.63) is 12.2 Å². The number of carbonyl (C=O) groups is 1. The molecule has 1 unspecified atom stereocenters. The molecule has 0 aromatic carbocycles. The molecule has 1 aliphatic heterocycles. The number of piperidine rings is 1. The summed E-state index contributed by atoms with van der Waals surface area (Å²) in [4.78, 5) is 16.1. The van der Waals surface area contributed by atoms with E-state index < -0.39 is 0 Å². The smallest absolute Gasteiger partial charge is 0.246 e. The second-order valence-corrected chi connectivity index (χ2v) is 6.36. The zero-order valence-electron chi connectivity index (χ0n) is 12.5. The molecule has 1 aliphatic rings. The van der Waals surface area contributed by atoms with E-state index in [1.165, 1.54) is 6.42 Å². The average Bonchev–Trinajstić information content (AvgIpc) is 2.27. The molecule has 0 bridgehead atoms. The van der Waals surface area contributed by atoms with Crippen LogP contribution in [0, 0.1) is 0 Å². The third-order valence-electron chi connectivity index (χ3n) is 3.53. The number of likely N-dealkylation sites (N-methyl/N-ethyl adjacent to an activating group) is 2. The van der Waals surface area contributed by atoms with Gasteiger partial charge in [-0.05, 0) is 20.5 Å². The molecule has 104 valence electrons. The van der Waals surface area contributed by atoms with Gasteiger partial charge in [0.1, 0.15) is 6.04 Å². The molecule has 4 heteroatoms. The normalized spacial score (nSPS) is 21.9. The van der Waals surface area contributed by atoms with Gasteiger partial charge in [-0.2, -0.15) is 0 Å². The van der Waals surface area contributed by atoms with E-state index in [0.29, 0.717) is 6.04 Å². The number of likely N-dealkylation sites (tertiary alicyclic amines) is 1. The van der Waals surface area contributed by atoms with Gasteiger partial charge in [0.05, 0.1) is 27.7 Å². The van der Waals surface area contributed by atoms with E-state index in [1.807, 2.05) is 25.1 Å². The summed E-state index contributed by atoms with van der Waals surface area (Å²) in [5.74, 6) is 0.162. The van der Waals surface area contributed by atoms with Crippen molar-refractivity contribution < 1.29 is 9.28 Å². The maximum absolute atomic E-state index is 12.1. The molecule has 4 nitrogen and oxygen atoms in total. The Morgan fingerprint density at radius 1 is 1.39 bits per heavy atom. The highest BCUT2D eigenvalue weighted by atomic mass is 16.2. The first-order valence-electron chi connectivity index (χ1n) is 6.72. The summed E-state index contributed by atoms with van der Waals surface area (Å²) in [7, 11) is 10.6. The van der Waals surface area contributed by atoms with Gasteiger partial charge in [0.25, 0.3) is 0 Å². The van der Waals surface area contributed by atoms with Crippen molar-refractivity contribution in [2.75, 3.05) is 54.9 Å². The van der Waals surface area contributed by atoms with Crippen molar-refractivity contribution in [3.8, 4) is 0 Å². The van der Waals surface area contributed by atoms with Crippen molar-refractivity contribution >= 4 is 5.91 Å². The van der Waals surface area contributed by atoms with E-state index in [1.54, 1.807) is 6.08 Å². The van der Waals surface area contributed by atoms with Gasteiger partial charge in [-0.15, -0.1) is 0 Å². The predicted molar refractivity (Wildman–Crippen MR) is 75.3 cm³/mol. The minimum Gasteiger partial charge on any atom is -0.333 e. The Hall–Kier alpha value is -0.870. The topological polar surface area (TPSA) is 23.6 Å². The van der Waals surface area contributed by atoms with E-state index >= 15 is 0 Å². The molecule has 0 saturated carbocycles. The zero-order chi connectivity index (χ0) is 13.8. The minimum absolute atomic E-state index is 0.162. The Balaban J connectivity index is 2.51. The summed E-state index contributed by atoms with van der Waals surface area (Å²) in [5.41, 5.74) is 0. The number of quaternary nitrogens is 1. The SMILES string of the molecule is CN(C)CC=CC(=O)N1CCCC([N+](C)(C)C)C1. The molecule has 0 radical (unpaired) electrons. The molecular weight excluding hydrogens is 226 g/mol. The lowest BCUT2D eigenvalue weighted by Gasteiger charge is -2.40. The van der Waals surface area contributed by atoms with Crippen LogP contribution >= 0.6 is 0 Å². The van der Waals surface area contributed by atoms with Crippen LogP contribution in [0.3, 0.4) is 0 Å². The Morgan fingerprint density at radius 3 is 2.61 bits per heavy atom. The Kier molecular flexibility index (Phi) is 5.35. The highest BCUT2D eigenvalue weighted by Gasteiger charge is 2.30. The van der Waals surface area contributed by atoms with Crippen LogP contribution in [0.15, 0.2) is 12.2 Å². The van der Waals surface area contributed by atoms with Crippen LogP contribution in [0.25, 0.3) is 0 Å². The third kappa shape index (κ3) is 4.78. The van der Waals surface area contributed by atoms with Crippen molar-refractivity contribution in [2.45, 2.75) is 18.9 Å². The predicted octanol–water partition coefficient (Wildman–Crippen LogP) is 0.801. The fourth-order valence-electron chi connectivity index (χ4n) is 2.26. The second kappa shape index (κ2) is 6.34. The van der Waals surface area contributed by atoms with Crippen LogP contribution in [0.2, 0.25) is 0 Å². The standard InChI is InChI=1S/C14H28N3O/c1-15(2)10-7-9-14(18)16-11-6-8-13(12-16)17(3,4)5/h7,9,13H,6,8,10-12H2,1-5H3/q+1. The molecule has 1 amide bonds. The Labute approximate surface area is 111 Å². The van der Waals surface area contributed by atoms with Gasteiger partial charge in [0.15, 0.2) is 0 Å². The lowest BCUT2D eigenvalue weighted by Crippen LogP contribution is -2.54. The maximum atomic E-state index is 12.1. The van der Waals surface area contributed by atoms with Crippen LogP contribution in [0.5, 0.6) is 0 Å². The number of carbonyl (C=O) groups excluding carboxylic acids is 1. The average molecular weight is 254 g/mol. The highest BCUT2D eigenvalue weighted by Crippen LogP contribution is 2.18. The number of hydrogen-bond acceptors (Lipinski definition) is 2. The van der Waals surface area contributed by atoms with Gasteiger partial charge >= 0.3 is 0 Å². The van der Waals surface area contributed by atoms with Gasteiger partial charge in [0.2, 0.25) is 5.91 Å². The largest absolute Gasteiger partial charge is 0.333 e. The summed E-state index contributed by atoms with van der Waals surface area (Å²) >= 11 is 0. The van der Waals surface area contributed by atoms with E-state index in [-0.39, 0.29) is 5.91 Å². The van der Waals surface area contributed by atoms with Crippen molar-refractivity contribution in [1.82, 2.24) is 9.80 Å². The molecule has 0 spiro atoms. The van der Waals surface area contributed by atoms with Gasteiger partial charge in [-0.3, -0.25) is 4.79 Å². The van der Waals surface area contributed by atoms with Crippen molar-refractivity contribution in [1.29, 1.82) is 0 Å². The first kappa shape index (κ1) is 15.2. The molecule has 1 heterocycles. The second-order valence-electron chi connectivity index (χ2n) is 6.36. The zero-order valence-corrected chi connectivity index (χ0v) is 12.5. The van der Waals surface area contributed by atoms with E-state index in [2.05, 4.69) is 26.0 Å². The van der Waals surface area contributed by atoms with Gasteiger partial charge in [-0.1, -0.05) is 6.08 Å². The molecule has 1 saturated heterocycles. The summed E-state index contributed by atoms with van der Waals surface area (Å²) in [6, 6.07) is 0.560. The Morgan fingerprint density at radius 2 is 2.06 bits per heavy atom. The molecule has 1 fully saturated rings. The maximum Gasteiger partial charge on any atom is 0.246 e. The first-order valence-corrected chi connectivity index (χ1v) is 6.72. The van der Waals surface area contributed by atoms with Gasteiger partial charge in [-0.25, -0.2) is 0 Å². The molecule has 0 N–H and O–H groups in total. The molecule has 0 aliphatic carbocycles. The van der Waals surface area contributed by atoms with Crippen LogP contribution in [0.1, 0.15) is 12.8 Å². The lowest BCUT2D eigenvalue weighted by atomic mass is 10.0. The summed E-state index contributed by atoms with van der Waals surface area (Å²) in [5, 5.41) is 0. The lowest BCUT2D eigenvalue weighted by molar-refractivity contribution is -0.896. The number of hydrogen-bond donors (Lipinski definition) is 0. The van der Waals surface area contributed by atoms with E-state index in [4.69, 9.17) is 0 Å². The highest BCUT2D eigenvalue weighted by molar-refractivity contribution is 5.87. The van der Waals surface area contributed by atoms with Gasteiger partial charge in [0, 0.05) is 25.6 Å². The number of rotatable bonds is 4. The molecule has 1 rings (SSSR count). The third-order valence-corrected chi connectivity index (χ3v) is 3.53. The van der Waals surface area contributed by atoms with Gasteiger partial charge < -0.3 is 14.3 Å². The fraction of sp³-hybridized carbons (Fsp3) is 0.786. The molecule has 0 aromatic heterocycles. The number of nitrogens with zero attached hydrogens (tertiary/aromatic N) is 3. The van der Waals surface area contributed by atoms with E-state index in [0.717, 1.165) is 30.5 Å². The van der Waals surface area contributed by atoms with Crippen LogP contribution in [0.4, 0.5) is 0 Å². The fourth-order valence-corrected chi connectivity index (χ4v) is 2.26. The van der Waals surface area contributed by atoms with Crippen molar-refractivity contribution in [3.63, 3.8) is 0 Å². The van der Waals surface area contributed by atoms with Crippen molar-refractivity contribution in [2.24, 2.45) is 0 Å². The van der Waals surface area contributed by atoms with Crippen LogP contribution in [-0.2, 0) is 4.79 Å². The Bertz CT molecular complexity index is 305. The molecule has 18 heavy (non-hydrogen) atoms. The quantitative estimate of drug-likeness (QED) is 0.547. The molecular formula is C14H28N3O+. The first-order chi connectivity index (χ1) is 8.30. The van der Waals surface area contributed by atoms with Crippen LogP contribution < -0.4 is 0 Å². The minimum atomic E-state index is 0.162. The van der Waals surface area contributed by atoms with Crippen LogP contribution in [-0.4, -0.2) is 81.1 Å². The number of amides is 1. The summed E-state index contributed by atoms with van der Waals surface area (Å²) in [6.45, 7) is 2.61. The van der Waals surface area contributed by atoms with E-state index in [9.17, 15) is 4.79 Å². The summed E-state index contributed by atoms with van der Waals surface area (Å²) in [6.07, 6.45) is 6.00.